The number of aromatic nitrogens is 2. The molecule has 0 fully saturated rings. The summed E-state index contributed by atoms with van der Waals surface area (Å²) in [6.45, 7) is 6.17. The molecule has 100 valence electrons. The van der Waals surface area contributed by atoms with Crippen molar-refractivity contribution in [1.82, 2.24) is 14.9 Å². The topological polar surface area (TPSA) is 90.1 Å². The molecular formula is C11H18N4O3. The fraction of sp³-hybridized carbons (Fsp3) is 0.636. The Kier molecular flexibility index (Phi) is 5.44. The normalized spacial score (nSPS) is 12.3. The van der Waals surface area contributed by atoms with Crippen molar-refractivity contribution in [2.24, 2.45) is 5.92 Å². The van der Waals surface area contributed by atoms with Crippen LogP contribution in [0.4, 0.5) is 5.69 Å². The fourth-order valence-electron chi connectivity index (χ4n) is 1.59. The minimum atomic E-state index is -0.553. The third-order valence-corrected chi connectivity index (χ3v) is 2.48. The van der Waals surface area contributed by atoms with Gasteiger partial charge >= 0.3 is 11.4 Å². The molecule has 0 aromatic carbocycles. The van der Waals surface area contributed by atoms with Crippen LogP contribution in [0, 0.1) is 16.0 Å². The highest BCUT2D eigenvalue weighted by Gasteiger charge is 2.11. The first-order chi connectivity index (χ1) is 8.54. The summed E-state index contributed by atoms with van der Waals surface area (Å²) >= 11 is 0. The summed E-state index contributed by atoms with van der Waals surface area (Å²) in [5.74, 6) is 0.207. The molecule has 1 unspecified atom stereocenters. The van der Waals surface area contributed by atoms with E-state index in [1.54, 1.807) is 0 Å². The van der Waals surface area contributed by atoms with Crippen molar-refractivity contribution >= 4 is 5.69 Å². The Morgan fingerprint density at radius 2 is 2.33 bits per heavy atom. The Morgan fingerprint density at radius 1 is 1.61 bits per heavy atom. The zero-order chi connectivity index (χ0) is 13.5. The number of nitro groups is 1. The second-order valence-electron chi connectivity index (χ2n) is 4.31. The lowest BCUT2D eigenvalue weighted by molar-refractivity contribution is -0.385. The second-order valence-corrected chi connectivity index (χ2v) is 4.31. The Morgan fingerprint density at radius 3 is 2.94 bits per heavy atom. The molecule has 1 aromatic heterocycles. The van der Waals surface area contributed by atoms with Crippen LogP contribution in [-0.2, 0) is 6.54 Å². The van der Waals surface area contributed by atoms with Crippen LogP contribution in [0.5, 0.6) is 0 Å². The monoisotopic (exact) mass is 254 g/mol. The second kappa shape index (κ2) is 6.85. The lowest BCUT2D eigenvalue weighted by atomic mass is 10.2. The molecule has 1 atom stereocenters. The lowest BCUT2D eigenvalue weighted by Crippen LogP contribution is -2.30. The van der Waals surface area contributed by atoms with E-state index in [2.05, 4.69) is 17.2 Å². The highest BCUT2D eigenvalue weighted by atomic mass is 16.6. The van der Waals surface area contributed by atoms with Crippen molar-refractivity contribution in [3.63, 3.8) is 0 Å². The van der Waals surface area contributed by atoms with Gasteiger partial charge < -0.3 is 5.32 Å². The molecule has 1 aromatic rings. The molecule has 7 nitrogen and oxygen atoms in total. The molecule has 1 N–H and O–H groups in total. The molecule has 0 aliphatic heterocycles. The SMILES string of the molecule is CCCNCC(C)Cn1cc([N+](=O)[O-])cnc1=O. The van der Waals surface area contributed by atoms with Crippen LogP contribution in [0.25, 0.3) is 0 Å². The van der Waals surface area contributed by atoms with E-state index in [9.17, 15) is 14.9 Å². The Balaban J connectivity index is 2.68. The van der Waals surface area contributed by atoms with Gasteiger partial charge in [-0.1, -0.05) is 13.8 Å². The van der Waals surface area contributed by atoms with Crippen LogP contribution in [0.15, 0.2) is 17.2 Å². The van der Waals surface area contributed by atoms with Gasteiger partial charge in [-0.05, 0) is 25.4 Å². The van der Waals surface area contributed by atoms with E-state index in [1.165, 1.54) is 10.8 Å². The Bertz CT molecular complexity index is 458. The highest BCUT2D eigenvalue weighted by molar-refractivity contribution is 5.20. The van der Waals surface area contributed by atoms with Crippen LogP contribution in [0.3, 0.4) is 0 Å². The maximum atomic E-state index is 11.5. The van der Waals surface area contributed by atoms with Gasteiger partial charge in [0.2, 0.25) is 0 Å². The molecule has 0 aliphatic rings. The van der Waals surface area contributed by atoms with Gasteiger partial charge in [0.25, 0.3) is 0 Å². The summed E-state index contributed by atoms with van der Waals surface area (Å²) in [7, 11) is 0. The summed E-state index contributed by atoms with van der Waals surface area (Å²) in [5, 5.41) is 13.8. The van der Waals surface area contributed by atoms with Gasteiger partial charge in [-0.15, -0.1) is 0 Å². The fourth-order valence-corrected chi connectivity index (χ4v) is 1.59. The average molecular weight is 254 g/mol. The van der Waals surface area contributed by atoms with Crippen molar-refractivity contribution in [2.75, 3.05) is 13.1 Å². The average Bonchev–Trinajstić information content (AvgIpc) is 2.32. The van der Waals surface area contributed by atoms with Crippen LogP contribution in [-0.4, -0.2) is 27.6 Å². The summed E-state index contributed by atoms with van der Waals surface area (Å²) in [5.41, 5.74) is -0.619. The smallest absolute Gasteiger partial charge is 0.316 e. The van der Waals surface area contributed by atoms with E-state index in [4.69, 9.17) is 0 Å². The molecule has 0 radical (unpaired) electrons. The third-order valence-electron chi connectivity index (χ3n) is 2.48. The number of hydrogen-bond donors (Lipinski definition) is 1. The van der Waals surface area contributed by atoms with Gasteiger partial charge in [-0.2, -0.15) is 4.98 Å². The maximum absolute atomic E-state index is 11.5. The molecular weight excluding hydrogens is 236 g/mol. The quantitative estimate of drug-likeness (QED) is 0.441. The third kappa shape index (κ3) is 4.25. The van der Waals surface area contributed by atoms with Crippen molar-refractivity contribution in [2.45, 2.75) is 26.8 Å². The lowest BCUT2D eigenvalue weighted by Gasteiger charge is -2.13. The Labute approximate surface area is 105 Å². The number of rotatable bonds is 7. The first kappa shape index (κ1) is 14.3. The van der Waals surface area contributed by atoms with Gasteiger partial charge in [-0.3, -0.25) is 14.7 Å². The van der Waals surface area contributed by atoms with Crippen LogP contribution in [0.2, 0.25) is 0 Å². The first-order valence-corrected chi connectivity index (χ1v) is 5.96. The van der Waals surface area contributed by atoms with Gasteiger partial charge in [0.05, 0.1) is 11.1 Å². The maximum Gasteiger partial charge on any atom is 0.347 e. The first-order valence-electron chi connectivity index (χ1n) is 5.96. The molecule has 1 heterocycles. The number of nitrogens with one attached hydrogen (secondary N) is 1. The van der Waals surface area contributed by atoms with Crippen LogP contribution >= 0.6 is 0 Å². The van der Waals surface area contributed by atoms with E-state index >= 15 is 0 Å². The predicted octanol–water partition coefficient (Wildman–Crippen LogP) is 0.787. The van der Waals surface area contributed by atoms with Crippen LogP contribution in [0.1, 0.15) is 20.3 Å². The predicted molar refractivity (Wildman–Crippen MR) is 67.5 cm³/mol. The van der Waals surface area contributed by atoms with E-state index in [0.29, 0.717) is 6.54 Å². The molecule has 0 saturated heterocycles. The van der Waals surface area contributed by atoms with Gasteiger partial charge in [0.1, 0.15) is 6.20 Å². The molecule has 0 spiro atoms. The summed E-state index contributed by atoms with van der Waals surface area (Å²) < 4.78 is 1.29. The molecule has 0 amide bonds. The summed E-state index contributed by atoms with van der Waals surface area (Å²) in [6.07, 6.45) is 3.27. The molecule has 0 saturated carbocycles. The number of hydrogen-bond acceptors (Lipinski definition) is 5. The zero-order valence-electron chi connectivity index (χ0n) is 10.6. The molecule has 18 heavy (non-hydrogen) atoms. The molecule has 7 heteroatoms. The minimum absolute atomic E-state index is 0.164. The van der Waals surface area contributed by atoms with Crippen molar-refractivity contribution < 1.29 is 4.92 Å². The van der Waals surface area contributed by atoms with E-state index in [-0.39, 0.29) is 11.6 Å². The molecule has 0 aliphatic carbocycles. The summed E-state index contributed by atoms with van der Waals surface area (Å²) in [4.78, 5) is 25.0. The van der Waals surface area contributed by atoms with Crippen LogP contribution < -0.4 is 11.0 Å². The standard InChI is InChI=1S/C11H18N4O3/c1-3-4-12-5-9(2)7-14-8-10(15(17)18)6-13-11(14)16/h6,8-9,12H,3-5,7H2,1-2H3. The van der Waals surface area contributed by atoms with E-state index in [1.807, 2.05) is 6.92 Å². The van der Waals surface area contributed by atoms with Crippen molar-refractivity contribution in [3.05, 3.63) is 33.0 Å². The van der Waals surface area contributed by atoms with Gasteiger partial charge in [0, 0.05) is 6.54 Å². The van der Waals surface area contributed by atoms with Gasteiger partial charge in [-0.25, -0.2) is 4.79 Å². The molecule has 1 rings (SSSR count). The zero-order valence-corrected chi connectivity index (χ0v) is 10.6. The summed E-state index contributed by atoms with van der Waals surface area (Å²) in [6, 6.07) is 0. The van der Waals surface area contributed by atoms with Gasteiger partial charge in [0.15, 0.2) is 0 Å². The number of nitrogens with zero attached hydrogens (tertiary/aromatic N) is 3. The Hall–Kier alpha value is -1.76. The molecule has 0 bridgehead atoms. The largest absolute Gasteiger partial charge is 0.347 e. The van der Waals surface area contributed by atoms with E-state index in [0.717, 1.165) is 25.7 Å². The highest BCUT2D eigenvalue weighted by Crippen LogP contribution is 2.06. The minimum Gasteiger partial charge on any atom is -0.316 e. The van der Waals surface area contributed by atoms with Crippen molar-refractivity contribution in [3.8, 4) is 0 Å². The van der Waals surface area contributed by atoms with E-state index < -0.39 is 10.6 Å². The van der Waals surface area contributed by atoms with Crippen molar-refractivity contribution in [1.29, 1.82) is 0 Å².